The first-order valence-corrected chi connectivity index (χ1v) is 7.73. The van der Waals surface area contributed by atoms with E-state index in [4.69, 9.17) is 0 Å². The van der Waals surface area contributed by atoms with Crippen molar-refractivity contribution in [2.75, 3.05) is 25.0 Å². The fraction of sp³-hybridized carbons (Fsp3) is 0.500. The lowest BCUT2D eigenvalue weighted by atomic mass is 10.0. The summed E-state index contributed by atoms with van der Waals surface area (Å²) in [6.45, 7) is 4.81. The topological polar surface area (TPSA) is 58.0 Å². The molecule has 6 heteroatoms. The molecule has 0 spiro atoms. The third-order valence-corrected chi connectivity index (χ3v) is 4.15. The quantitative estimate of drug-likeness (QED) is 0.856. The summed E-state index contributed by atoms with van der Waals surface area (Å²) in [5.74, 6) is 0.968. The molecule has 1 fully saturated rings. The van der Waals surface area contributed by atoms with Gasteiger partial charge in [0.25, 0.3) is 0 Å². The molecule has 116 valence electrons. The summed E-state index contributed by atoms with van der Waals surface area (Å²) in [7, 11) is 2.16. The Hall–Kier alpha value is -2.08. The fourth-order valence-corrected chi connectivity index (χ4v) is 2.87. The van der Waals surface area contributed by atoms with Crippen LogP contribution in [0.2, 0.25) is 0 Å². The van der Waals surface area contributed by atoms with Crippen molar-refractivity contribution in [2.45, 2.75) is 32.4 Å². The summed E-state index contributed by atoms with van der Waals surface area (Å²) in [5, 5.41) is 8.21. The van der Waals surface area contributed by atoms with Crippen LogP contribution in [0, 0.1) is 6.92 Å². The van der Waals surface area contributed by atoms with E-state index in [2.05, 4.69) is 37.0 Å². The van der Waals surface area contributed by atoms with Gasteiger partial charge in [0.15, 0.2) is 5.82 Å². The number of hydrogen-bond acceptors (Lipinski definition) is 6. The summed E-state index contributed by atoms with van der Waals surface area (Å²) in [6, 6.07) is 4.47. The Morgan fingerprint density at radius 2 is 2.23 bits per heavy atom. The van der Waals surface area contributed by atoms with Gasteiger partial charge in [-0.25, -0.2) is 0 Å². The van der Waals surface area contributed by atoms with Gasteiger partial charge in [-0.3, -0.25) is 14.9 Å². The van der Waals surface area contributed by atoms with Crippen LogP contribution in [0.3, 0.4) is 0 Å². The molecule has 3 heterocycles. The highest BCUT2D eigenvalue weighted by atomic mass is 15.3. The smallest absolute Gasteiger partial charge is 0.151 e. The van der Waals surface area contributed by atoms with Crippen molar-refractivity contribution in [3.63, 3.8) is 0 Å². The number of aromatic nitrogens is 4. The lowest BCUT2D eigenvalue weighted by Crippen LogP contribution is -2.46. The van der Waals surface area contributed by atoms with Gasteiger partial charge in [-0.05, 0) is 38.9 Å². The Bertz CT molecular complexity index is 585. The monoisotopic (exact) mass is 298 g/mol. The highest BCUT2D eigenvalue weighted by molar-refractivity contribution is 5.37. The summed E-state index contributed by atoms with van der Waals surface area (Å²) in [5.41, 5.74) is 1.97. The number of anilines is 1. The van der Waals surface area contributed by atoms with Crippen LogP contribution in [0.5, 0.6) is 0 Å². The van der Waals surface area contributed by atoms with Gasteiger partial charge in [-0.1, -0.05) is 0 Å². The number of hydrogen-bond donors (Lipinski definition) is 0. The van der Waals surface area contributed by atoms with E-state index >= 15 is 0 Å². The van der Waals surface area contributed by atoms with E-state index in [-0.39, 0.29) is 0 Å². The largest absolute Gasteiger partial charge is 0.354 e. The summed E-state index contributed by atoms with van der Waals surface area (Å²) in [4.78, 5) is 13.5. The van der Waals surface area contributed by atoms with Gasteiger partial charge in [-0.15, -0.1) is 5.10 Å². The number of rotatable bonds is 4. The van der Waals surface area contributed by atoms with Crippen molar-refractivity contribution in [2.24, 2.45) is 0 Å². The van der Waals surface area contributed by atoms with Crippen LogP contribution < -0.4 is 4.90 Å². The second-order valence-corrected chi connectivity index (χ2v) is 5.89. The van der Waals surface area contributed by atoms with Crippen LogP contribution >= 0.6 is 0 Å². The molecule has 0 N–H and O–H groups in total. The third kappa shape index (κ3) is 3.57. The van der Waals surface area contributed by atoms with E-state index < -0.39 is 0 Å². The van der Waals surface area contributed by atoms with Crippen molar-refractivity contribution in [1.29, 1.82) is 0 Å². The molecule has 3 rings (SSSR count). The number of piperidine rings is 1. The lowest BCUT2D eigenvalue weighted by Gasteiger charge is -2.37. The van der Waals surface area contributed by atoms with Crippen LogP contribution in [0.1, 0.15) is 24.2 Å². The van der Waals surface area contributed by atoms with Crippen LogP contribution in [0.25, 0.3) is 0 Å². The first kappa shape index (κ1) is 14.8. The second kappa shape index (κ2) is 6.79. The molecular formula is C16H22N6. The second-order valence-electron chi connectivity index (χ2n) is 5.89. The van der Waals surface area contributed by atoms with Gasteiger partial charge in [0.2, 0.25) is 0 Å². The standard InChI is InChI=1S/C16H22N6/c1-13-9-18-14(10-17-13)11-21(2)15-5-4-8-22(12-15)16-6-3-7-19-20-16/h3,6-7,9-10,15H,4-5,8,11-12H2,1-2H3/t15-/m1/s1. The molecule has 1 aliphatic heterocycles. The van der Waals surface area contributed by atoms with E-state index in [0.29, 0.717) is 6.04 Å². The summed E-state index contributed by atoms with van der Waals surface area (Å²) in [6.07, 6.45) is 7.79. The molecule has 0 unspecified atom stereocenters. The highest BCUT2D eigenvalue weighted by Gasteiger charge is 2.24. The van der Waals surface area contributed by atoms with Crippen molar-refractivity contribution in [3.05, 3.63) is 42.1 Å². The fourth-order valence-electron chi connectivity index (χ4n) is 2.87. The molecule has 0 radical (unpaired) electrons. The van der Waals surface area contributed by atoms with Crippen LogP contribution in [-0.4, -0.2) is 51.2 Å². The average Bonchev–Trinajstić information content (AvgIpc) is 2.58. The van der Waals surface area contributed by atoms with Gasteiger partial charge in [-0.2, -0.15) is 5.10 Å². The summed E-state index contributed by atoms with van der Waals surface area (Å²) < 4.78 is 0. The zero-order valence-corrected chi connectivity index (χ0v) is 13.2. The maximum absolute atomic E-state index is 4.45. The molecule has 0 aromatic carbocycles. The van der Waals surface area contributed by atoms with Gasteiger partial charge < -0.3 is 4.90 Å². The number of nitrogens with zero attached hydrogens (tertiary/aromatic N) is 6. The van der Waals surface area contributed by atoms with E-state index in [9.17, 15) is 0 Å². The minimum atomic E-state index is 0.499. The van der Waals surface area contributed by atoms with Crippen LogP contribution in [0.4, 0.5) is 5.82 Å². The van der Waals surface area contributed by atoms with Gasteiger partial charge in [0.05, 0.1) is 11.4 Å². The normalized spacial score (nSPS) is 18.7. The first-order valence-electron chi connectivity index (χ1n) is 7.73. The van der Waals surface area contributed by atoms with Crippen LogP contribution in [-0.2, 0) is 6.54 Å². The Morgan fingerprint density at radius 1 is 1.32 bits per heavy atom. The van der Waals surface area contributed by atoms with Crippen LogP contribution in [0.15, 0.2) is 30.7 Å². The van der Waals surface area contributed by atoms with Crippen molar-refractivity contribution in [3.8, 4) is 0 Å². The maximum atomic E-state index is 4.45. The average molecular weight is 298 g/mol. The minimum Gasteiger partial charge on any atom is -0.354 e. The lowest BCUT2D eigenvalue weighted by molar-refractivity contribution is 0.205. The molecule has 0 amide bonds. The molecule has 0 bridgehead atoms. The Balaban J connectivity index is 1.62. The molecule has 2 aromatic heterocycles. The SMILES string of the molecule is Cc1cnc(CN(C)[C@@H]2CCCN(c3cccnn3)C2)cn1. The predicted octanol–water partition coefficient (Wildman–Crippen LogP) is 1.68. The molecule has 0 aliphatic carbocycles. The third-order valence-electron chi connectivity index (χ3n) is 4.15. The molecule has 2 aromatic rings. The molecule has 6 nitrogen and oxygen atoms in total. The number of aryl methyl sites for hydroxylation is 1. The van der Waals surface area contributed by atoms with E-state index in [0.717, 1.165) is 36.8 Å². The van der Waals surface area contributed by atoms with Crippen molar-refractivity contribution in [1.82, 2.24) is 25.1 Å². The van der Waals surface area contributed by atoms with E-state index in [1.807, 2.05) is 31.5 Å². The Morgan fingerprint density at radius 3 is 2.95 bits per heavy atom. The first-order chi connectivity index (χ1) is 10.7. The predicted molar refractivity (Wildman–Crippen MR) is 85.5 cm³/mol. The van der Waals surface area contributed by atoms with Crippen molar-refractivity contribution < 1.29 is 0 Å². The van der Waals surface area contributed by atoms with E-state index in [1.54, 1.807) is 6.20 Å². The van der Waals surface area contributed by atoms with E-state index in [1.165, 1.54) is 12.8 Å². The molecule has 0 saturated carbocycles. The molecule has 1 atom stereocenters. The zero-order chi connectivity index (χ0) is 15.4. The minimum absolute atomic E-state index is 0.499. The molecule has 22 heavy (non-hydrogen) atoms. The molecule has 1 saturated heterocycles. The number of likely N-dealkylation sites (N-methyl/N-ethyl adjacent to an activating group) is 1. The molecule has 1 aliphatic rings. The zero-order valence-electron chi connectivity index (χ0n) is 13.2. The Labute approximate surface area is 131 Å². The van der Waals surface area contributed by atoms with Gasteiger partial charge >= 0.3 is 0 Å². The Kier molecular flexibility index (Phi) is 4.58. The van der Waals surface area contributed by atoms with Gasteiger partial charge in [0, 0.05) is 44.3 Å². The highest BCUT2D eigenvalue weighted by Crippen LogP contribution is 2.20. The maximum Gasteiger partial charge on any atom is 0.151 e. The summed E-state index contributed by atoms with van der Waals surface area (Å²) >= 11 is 0. The molecular weight excluding hydrogens is 276 g/mol. The van der Waals surface area contributed by atoms with Gasteiger partial charge in [0.1, 0.15) is 0 Å². The van der Waals surface area contributed by atoms with Crippen molar-refractivity contribution >= 4 is 5.82 Å².